The first kappa shape index (κ1) is 16.2. The van der Waals surface area contributed by atoms with Gasteiger partial charge in [-0.3, -0.25) is 4.79 Å². The molecular weight excluding hydrogens is 383 g/mol. The van der Waals surface area contributed by atoms with Crippen molar-refractivity contribution in [3.8, 4) is 0 Å². The van der Waals surface area contributed by atoms with Crippen LogP contribution in [0.5, 0.6) is 0 Å². The molecule has 18 heavy (non-hydrogen) atoms. The Balaban J connectivity index is 0.00000162. The molecule has 0 spiro atoms. The molecule has 1 fully saturated rings. The van der Waals surface area contributed by atoms with Gasteiger partial charge in [0.25, 0.3) is 0 Å². The molecular formula is C12H18ClIN2OS. The molecule has 1 unspecified atom stereocenters. The normalized spacial score (nSPS) is 19.1. The van der Waals surface area contributed by atoms with Gasteiger partial charge in [-0.1, -0.05) is 6.42 Å². The highest BCUT2D eigenvalue weighted by Crippen LogP contribution is 2.18. The number of thiophene rings is 1. The highest BCUT2D eigenvalue weighted by atomic mass is 127. The lowest BCUT2D eigenvalue weighted by Crippen LogP contribution is -2.47. The van der Waals surface area contributed by atoms with Crippen molar-refractivity contribution in [3.05, 3.63) is 19.9 Å². The molecule has 2 rings (SSSR count). The minimum Gasteiger partial charge on any atom is -0.354 e. The van der Waals surface area contributed by atoms with E-state index in [1.807, 2.05) is 0 Å². The molecule has 1 atom stereocenters. The predicted molar refractivity (Wildman–Crippen MR) is 86.6 cm³/mol. The first-order valence-electron chi connectivity index (χ1n) is 6.01. The Labute approximate surface area is 132 Å². The third-order valence-corrected chi connectivity index (χ3v) is 4.88. The van der Waals surface area contributed by atoms with Crippen molar-refractivity contribution < 1.29 is 4.79 Å². The van der Waals surface area contributed by atoms with Crippen molar-refractivity contribution in [2.24, 2.45) is 0 Å². The van der Waals surface area contributed by atoms with Gasteiger partial charge in [-0.05, 0) is 60.5 Å². The summed E-state index contributed by atoms with van der Waals surface area (Å²) < 4.78 is 1.30. The van der Waals surface area contributed by atoms with Crippen LogP contribution < -0.4 is 10.6 Å². The van der Waals surface area contributed by atoms with Crippen molar-refractivity contribution in [2.75, 3.05) is 13.1 Å². The van der Waals surface area contributed by atoms with Crippen LogP contribution in [0.1, 0.15) is 24.1 Å². The fraction of sp³-hybridized carbons (Fsp3) is 0.583. The highest BCUT2D eigenvalue weighted by Gasteiger charge is 2.19. The quantitative estimate of drug-likeness (QED) is 0.763. The van der Waals surface area contributed by atoms with Crippen LogP contribution in [0.2, 0.25) is 0 Å². The SMILES string of the molecule is Cl.O=C(NCCc1ccc(I)s1)C1CCCCN1. The zero-order chi connectivity index (χ0) is 12.1. The Morgan fingerprint density at radius 2 is 2.33 bits per heavy atom. The number of amides is 1. The summed E-state index contributed by atoms with van der Waals surface area (Å²) >= 11 is 4.12. The van der Waals surface area contributed by atoms with Crippen LogP contribution in [-0.4, -0.2) is 25.0 Å². The van der Waals surface area contributed by atoms with Crippen LogP contribution in [0.3, 0.4) is 0 Å². The van der Waals surface area contributed by atoms with Crippen LogP contribution >= 0.6 is 46.3 Å². The minimum absolute atomic E-state index is 0. The van der Waals surface area contributed by atoms with Gasteiger partial charge in [0.1, 0.15) is 0 Å². The topological polar surface area (TPSA) is 41.1 Å². The fourth-order valence-corrected chi connectivity index (χ4v) is 3.75. The second-order valence-electron chi connectivity index (χ2n) is 4.25. The standard InChI is InChI=1S/C12H17IN2OS.ClH/c13-11-5-4-9(17-11)6-8-15-12(16)10-3-1-2-7-14-10;/h4-5,10,14H,1-3,6-8H2,(H,15,16);1H. The van der Waals surface area contributed by atoms with Gasteiger partial charge < -0.3 is 10.6 Å². The molecule has 0 radical (unpaired) electrons. The Morgan fingerprint density at radius 3 is 2.94 bits per heavy atom. The maximum absolute atomic E-state index is 11.8. The Kier molecular flexibility index (Phi) is 7.51. The van der Waals surface area contributed by atoms with Gasteiger partial charge in [-0.15, -0.1) is 23.7 Å². The number of carbonyl (C=O) groups is 1. The third kappa shape index (κ3) is 5.03. The summed E-state index contributed by atoms with van der Waals surface area (Å²) in [6, 6.07) is 4.29. The van der Waals surface area contributed by atoms with Crippen molar-refractivity contribution in [2.45, 2.75) is 31.7 Å². The van der Waals surface area contributed by atoms with Gasteiger partial charge in [0.05, 0.1) is 8.93 Å². The predicted octanol–water partition coefficient (Wildman–Crippen LogP) is 2.58. The molecule has 1 aliphatic heterocycles. The van der Waals surface area contributed by atoms with Crippen molar-refractivity contribution >= 4 is 52.2 Å². The number of rotatable bonds is 4. The molecule has 1 amide bonds. The summed E-state index contributed by atoms with van der Waals surface area (Å²) in [7, 11) is 0. The number of nitrogens with one attached hydrogen (secondary N) is 2. The van der Waals surface area contributed by atoms with E-state index in [4.69, 9.17) is 0 Å². The van der Waals surface area contributed by atoms with E-state index in [1.165, 1.54) is 14.2 Å². The van der Waals surface area contributed by atoms with E-state index in [1.54, 1.807) is 11.3 Å². The number of hydrogen-bond donors (Lipinski definition) is 2. The molecule has 0 bridgehead atoms. The summed E-state index contributed by atoms with van der Waals surface area (Å²) in [4.78, 5) is 13.2. The maximum atomic E-state index is 11.8. The molecule has 2 N–H and O–H groups in total. The minimum atomic E-state index is 0. The molecule has 0 aliphatic carbocycles. The van der Waals surface area contributed by atoms with Crippen LogP contribution in [0, 0.1) is 2.88 Å². The smallest absolute Gasteiger partial charge is 0.237 e. The van der Waals surface area contributed by atoms with Crippen molar-refractivity contribution in [1.82, 2.24) is 10.6 Å². The first-order chi connectivity index (χ1) is 8.25. The number of hydrogen-bond acceptors (Lipinski definition) is 3. The Morgan fingerprint density at radius 1 is 1.50 bits per heavy atom. The molecule has 1 saturated heterocycles. The number of halogens is 2. The third-order valence-electron chi connectivity index (χ3n) is 2.93. The Bertz CT molecular complexity index is 380. The summed E-state index contributed by atoms with van der Waals surface area (Å²) in [5, 5.41) is 6.27. The molecule has 0 aromatic carbocycles. The molecule has 1 aromatic rings. The first-order valence-corrected chi connectivity index (χ1v) is 7.90. The molecule has 102 valence electrons. The lowest BCUT2D eigenvalue weighted by molar-refractivity contribution is -0.123. The van der Waals surface area contributed by atoms with Crippen LogP contribution in [0.4, 0.5) is 0 Å². The molecule has 1 aromatic heterocycles. The van der Waals surface area contributed by atoms with E-state index in [0.29, 0.717) is 0 Å². The van der Waals surface area contributed by atoms with Gasteiger partial charge in [0.15, 0.2) is 0 Å². The van der Waals surface area contributed by atoms with E-state index in [9.17, 15) is 4.79 Å². The molecule has 3 nitrogen and oxygen atoms in total. The summed E-state index contributed by atoms with van der Waals surface area (Å²) in [5.74, 6) is 0.163. The van der Waals surface area contributed by atoms with E-state index in [2.05, 4.69) is 45.4 Å². The number of piperidine rings is 1. The van der Waals surface area contributed by atoms with E-state index in [0.717, 1.165) is 32.4 Å². The summed E-state index contributed by atoms with van der Waals surface area (Å²) in [6.45, 7) is 1.72. The monoisotopic (exact) mass is 400 g/mol. The maximum Gasteiger partial charge on any atom is 0.237 e. The number of carbonyl (C=O) groups excluding carboxylic acids is 1. The fourth-order valence-electron chi connectivity index (χ4n) is 1.99. The van der Waals surface area contributed by atoms with Crippen molar-refractivity contribution in [1.29, 1.82) is 0 Å². The average Bonchev–Trinajstić information content (AvgIpc) is 2.76. The lowest BCUT2D eigenvalue weighted by atomic mass is 10.0. The van der Waals surface area contributed by atoms with Crippen molar-refractivity contribution in [3.63, 3.8) is 0 Å². The van der Waals surface area contributed by atoms with E-state index in [-0.39, 0.29) is 24.4 Å². The second kappa shape index (κ2) is 8.35. The summed E-state index contributed by atoms with van der Waals surface area (Å²) in [5.41, 5.74) is 0. The zero-order valence-electron chi connectivity index (χ0n) is 10.1. The average molecular weight is 401 g/mol. The zero-order valence-corrected chi connectivity index (χ0v) is 13.9. The van der Waals surface area contributed by atoms with Gasteiger partial charge in [0.2, 0.25) is 5.91 Å². The lowest BCUT2D eigenvalue weighted by Gasteiger charge is -2.22. The Hall–Kier alpha value is 0.150. The van der Waals surface area contributed by atoms with Gasteiger partial charge in [-0.2, -0.15) is 0 Å². The van der Waals surface area contributed by atoms with Crippen LogP contribution in [-0.2, 0) is 11.2 Å². The molecule has 0 saturated carbocycles. The highest BCUT2D eigenvalue weighted by molar-refractivity contribution is 14.1. The second-order valence-corrected chi connectivity index (χ2v) is 7.31. The summed E-state index contributed by atoms with van der Waals surface area (Å²) in [6.07, 6.45) is 4.26. The molecule has 1 aliphatic rings. The van der Waals surface area contributed by atoms with Crippen LogP contribution in [0.15, 0.2) is 12.1 Å². The molecule has 6 heteroatoms. The van der Waals surface area contributed by atoms with Gasteiger partial charge >= 0.3 is 0 Å². The van der Waals surface area contributed by atoms with E-state index >= 15 is 0 Å². The largest absolute Gasteiger partial charge is 0.354 e. The van der Waals surface area contributed by atoms with Gasteiger partial charge in [-0.25, -0.2) is 0 Å². The van der Waals surface area contributed by atoms with E-state index < -0.39 is 0 Å². The van der Waals surface area contributed by atoms with Gasteiger partial charge in [0, 0.05) is 11.4 Å². The van der Waals surface area contributed by atoms with Crippen LogP contribution in [0.25, 0.3) is 0 Å². The molecule has 2 heterocycles.